The van der Waals surface area contributed by atoms with Crippen LogP contribution < -0.4 is 0 Å². The minimum Gasteiger partial charge on any atom is -0.462 e. The maximum Gasteiger partial charge on any atom is 0.472 e. The number of phosphoric acid groups is 2. The van der Waals surface area contributed by atoms with Crippen molar-refractivity contribution >= 4 is 39.5 Å². The molecule has 0 aromatic rings. The van der Waals surface area contributed by atoms with Gasteiger partial charge >= 0.3 is 39.5 Å². The molecule has 0 saturated carbocycles. The number of hydrogen-bond acceptors (Lipinski definition) is 15. The van der Waals surface area contributed by atoms with Gasteiger partial charge in [0, 0.05) is 25.7 Å². The van der Waals surface area contributed by atoms with Crippen LogP contribution in [0.25, 0.3) is 0 Å². The van der Waals surface area contributed by atoms with Crippen molar-refractivity contribution in [2.75, 3.05) is 39.6 Å². The Balaban J connectivity index is 5.23. The zero-order valence-corrected chi connectivity index (χ0v) is 57.6. The monoisotopic (exact) mass is 1270 g/mol. The fourth-order valence-corrected chi connectivity index (χ4v) is 11.6. The molecule has 0 rings (SSSR count). The molecule has 0 fully saturated rings. The number of carbonyl (C=O) groups excluding carboxylic acids is 4. The molecule has 19 heteroatoms. The van der Waals surface area contributed by atoms with Gasteiger partial charge in [0.15, 0.2) is 12.2 Å². The number of phosphoric ester groups is 2. The Kier molecular flexibility index (Phi) is 56.9. The molecule has 0 heterocycles. The van der Waals surface area contributed by atoms with E-state index < -0.39 is 97.5 Å². The smallest absolute Gasteiger partial charge is 0.462 e. The molecule has 0 aliphatic carbocycles. The topological polar surface area (TPSA) is 237 Å². The maximum absolute atomic E-state index is 13.0. The predicted molar refractivity (Wildman–Crippen MR) is 344 cm³/mol. The van der Waals surface area contributed by atoms with E-state index in [2.05, 4.69) is 48.5 Å². The van der Waals surface area contributed by atoms with Crippen LogP contribution in [0.3, 0.4) is 0 Å². The van der Waals surface area contributed by atoms with Gasteiger partial charge in [-0.2, -0.15) is 0 Å². The Bertz CT molecular complexity index is 1700. The first kappa shape index (κ1) is 84.1. The van der Waals surface area contributed by atoms with Crippen LogP contribution in [0.2, 0.25) is 0 Å². The molecule has 0 spiro atoms. The highest BCUT2D eigenvalue weighted by atomic mass is 31.2. The number of unbranched alkanes of at least 4 members (excludes halogenated alkanes) is 32. The van der Waals surface area contributed by atoms with E-state index in [0.29, 0.717) is 37.5 Å². The van der Waals surface area contributed by atoms with E-state index >= 15 is 0 Å². The van der Waals surface area contributed by atoms with Crippen LogP contribution in [0.5, 0.6) is 0 Å². The van der Waals surface area contributed by atoms with E-state index in [1.165, 1.54) is 128 Å². The van der Waals surface area contributed by atoms with Gasteiger partial charge in [-0.25, -0.2) is 9.13 Å². The summed E-state index contributed by atoms with van der Waals surface area (Å²) in [7, 11) is -9.89. The summed E-state index contributed by atoms with van der Waals surface area (Å²) in [6, 6.07) is 0. The quantitative estimate of drug-likeness (QED) is 0.0222. The second kappa shape index (κ2) is 58.2. The molecular weight excluding hydrogens is 1140 g/mol. The van der Waals surface area contributed by atoms with Crippen molar-refractivity contribution < 1.29 is 80.2 Å². The van der Waals surface area contributed by atoms with Crippen molar-refractivity contribution in [3.8, 4) is 0 Å². The molecule has 0 saturated heterocycles. The minimum atomic E-state index is -4.95. The molecule has 0 amide bonds. The Labute approximate surface area is 524 Å². The number of rotatable bonds is 65. The standard InChI is InChI=1S/C67H130O17P2/c1-8-10-11-12-13-14-15-16-17-18-19-20-21-26-36-43-50-66(71)83-62(54-77-64(69)48-41-34-27-22-24-31-38-45-58(3)4)56-81-85(73,74)79-52-61(68)53-80-86(75,76)82-57-63(84-67(72)51-44-37-28-23-25-32-39-46-59(5)6)55-78-65(70)49-42-35-30-29-33-40-47-60(7)9-2/h58-63,68H,8-57H2,1-7H3,(H,73,74)(H,75,76)/t60?,61-,62-,63-/m1/s1. The van der Waals surface area contributed by atoms with Gasteiger partial charge in [-0.15, -0.1) is 0 Å². The van der Waals surface area contributed by atoms with Crippen LogP contribution in [-0.4, -0.2) is 96.7 Å². The normalized spacial score (nSPS) is 14.6. The maximum atomic E-state index is 13.0. The number of ether oxygens (including phenoxy) is 4. The Morgan fingerprint density at radius 2 is 0.593 bits per heavy atom. The summed E-state index contributed by atoms with van der Waals surface area (Å²) in [5, 5.41) is 10.6. The minimum absolute atomic E-state index is 0.102. The van der Waals surface area contributed by atoms with E-state index in [1.54, 1.807) is 0 Å². The van der Waals surface area contributed by atoms with Gasteiger partial charge in [0.1, 0.15) is 19.3 Å². The van der Waals surface area contributed by atoms with Gasteiger partial charge in [-0.3, -0.25) is 37.3 Å². The van der Waals surface area contributed by atoms with E-state index in [-0.39, 0.29) is 25.7 Å². The Hall–Kier alpha value is -1.94. The first-order chi connectivity index (χ1) is 41.3. The lowest BCUT2D eigenvalue weighted by Gasteiger charge is -2.21. The van der Waals surface area contributed by atoms with Crippen LogP contribution in [-0.2, 0) is 65.4 Å². The first-order valence-corrected chi connectivity index (χ1v) is 37.9. The third-order valence-corrected chi connectivity index (χ3v) is 17.6. The molecule has 0 bridgehead atoms. The molecule has 0 aliphatic heterocycles. The van der Waals surface area contributed by atoms with Crippen LogP contribution in [0, 0.1) is 17.8 Å². The van der Waals surface area contributed by atoms with Crippen molar-refractivity contribution in [3.63, 3.8) is 0 Å². The van der Waals surface area contributed by atoms with Gasteiger partial charge < -0.3 is 33.8 Å². The molecule has 6 atom stereocenters. The largest absolute Gasteiger partial charge is 0.472 e. The lowest BCUT2D eigenvalue weighted by atomic mass is 10.00. The van der Waals surface area contributed by atoms with E-state index in [9.17, 15) is 43.2 Å². The van der Waals surface area contributed by atoms with E-state index in [0.717, 1.165) is 109 Å². The van der Waals surface area contributed by atoms with Gasteiger partial charge in [0.25, 0.3) is 0 Å². The van der Waals surface area contributed by atoms with Gasteiger partial charge in [-0.1, -0.05) is 280 Å². The van der Waals surface area contributed by atoms with Crippen LogP contribution in [0.15, 0.2) is 0 Å². The third kappa shape index (κ3) is 59.7. The highest BCUT2D eigenvalue weighted by molar-refractivity contribution is 7.47. The number of hydrogen-bond donors (Lipinski definition) is 3. The number of aliphatic hydroxyl groups is 1. The number of aliphatic hydroxyl groups excluding tert-OH is 1. The Morgan fingerprint density at radius 1 is 0.337 bits per heavy atom. The summed E-state index contributed by atoms with van der Waals surface area (Å²) in [4.78, 5) is 72.3. The Morgan fingerprint density at radius 3 is 0.884 bits per heavy atom. The molecule has 3 N–H and O–H groups in total. The van der Waals surface area contributed by atoms with Crippen LogP contribution >= 0.6 is 15.6 Å². The summed E-state index contributed by atoms with van der Waals surface area (Å²) in [6.07, 6.45) is 40.5. The predicted octanol–water partition coefficient (Wildman–Crippen LogP) is 18.7. The van der Waals surface area contributed by atoms with Gasteiger partial charge in [0.05, 0.1) is 26.4 Å². The molecule has 3 unspecified atom stereocenters. The average Bonchev–Trinajstić information content (AvgIpc) is 3.47. The zero-order valence-electron chi connectivity index (χ0n) is 55.8. The van der Waals surface area contributed by atoms with E-state index in [1.807, 2.05) is 0 Å². The fourth-order valence-electron chi connectivity index (χ4n) is 9.98. The highest BCUT2D eigenvalue weighted by Crippen LogP contribution is 2.45. The second-order valence-electron chi connectivity index (χ2n) is 25.4. The van der Waals surface area contributed by atoms with Gasteiger partial charge in [0.2, 0.25) is 0 Å². The van der Waals surface area contributed by atoms with Crippen molar-refractivity contribution in [1.29, 1.82) is 0 Å². The number of esters is 4. The lowest BCUT2D eigenvalue weighted by molar-refractivity contribution is -0.161. The molecule has 510 valence electrons. The number of carbonyl (C=O) groups is 4. The van der Waals surface area contributed by atoms with Crippen molar-refractivity contribution in [2.45, 2.75) is 349 Å². The van der Waals surface area contributed by atoms with Crippen molar-refractivity contribution in [3.05, 3.63) is 0 Å². The molecular formula is C67H130O17P2. The van der Waals surface area contributed by atoms with Crippen LogP contribution in [0.1, 0.15) is 331 Å². The average molecular weight is 1270 g/mol. The fraction of sp³-hybridized carbons (Fsp3) is 0.940. The SMILES string of the molecule is CCCCCCCCCCCCCCCCCCC(=O)O[C@H](COC(=O)CCCCCCCCCC(C)C)COP(=O)(O)OC[C@@H](O)COP(=O)(O)OC[C@@H](COC(=O)CCCCCCCCC(C)CC)OC(=O)CCCCCCCCCC(C)C. The molecule has 0 radical (unpaired) electrons. The first-order valence-electron chi connectivity index (χ1n) is 34.9. The molecule has 0 aromatic heterocycles. The third-order valence-electron chi connectivity index (χ3n) is 15.7. The van der Waals surface area contributed by atoms with Crippen molar-refractivity contribution in [2.24, 2.45) is 17.8 Å². The summed E-state index contributed by atoms with van der Waals surface area (Å²) in [5.41, 5.74) is 0. The van der Waals surface area contributed by atoms with Gasteiger partial charge in [-0.05, 0) is 43.4 Å². The summed E-state index contributed by atoms with van der Waals surface area (Å²) in [5.74, 6) is -0.00297. The highest BCUT2D eigenvalue weighted by Gasteiger charge is 2.30. The summed E-state index contributed by atoms with van der Waals surface area (Å²) in [6.45, 7) is 11.7. The van der Waals surface area contributed by atoms with Crippen molar-refractivity contribution in [1.82, 2.24) is 0 Å². The summed E-state index contributed by atoms with van der Waals surface area (Å²) < 4.78 is 68.1. The molecule has 17 nitrogen and oxygen atoms in total. The molecule has 0 aromatic carbocycles. The molecule has 0 aliphatic rings. The lowest BCUT2D eigenvalue weighted by Crippen LogP contribution is -2.30. The van der Waals surface area contributed by atoms with E-state index in [4.69, 9.17) is 37.0 Å². The molecule has 86 heavy (non-hydrogen) atoms. The van der Waals surface area contributed by atoms with Crippen LogP contribution in [0.4, 0.5) is 0 Å². The second-order valence-corrected chi connectivity index (χ2v) is 28.3. The zero-order chi connectivity index (χ0) is 63.8. The summed E-state index contributed by atoms with van der Waals surface area (Å²) >= 11 is 0.